The maximum atomic E-state index is 12.9. The van der Waals surface area contributed by atoms with Gasteiger partial charge < -0.3 is 14.7 Å². The van der Waals surface area contributed by atoms with E-state index >= 15 is 0 Å². The molecular formula is C21H23NO4. The fourth-order valence-electron chi connectivity index (χ4n) is 3.46. The van der Waals surface area contributed by atoms with Gasteiger partial charge in [0, 0.05) is 18.5 Å². The number of carbonyl (C=O) groups is 2. The Balaban J connectivity index is 1.75. The molecule has 0 aromatic heterocycles. The molecule has 5 heteroatoms. The van der Waals surface area contributed by atoms with Crippen LogP contribution in [0.5, 0.6) is 5.75 Å². The van der Waals surface area contributed by atoms with E-state index in [0.717, 1.165) is 11.3 Å². The molecule has 0 unspecified atom stereocenters. The van der Waals surface area contributed by atoms with Gasteiger partial charge in [0.25, 0.3) is 5.91 Å². The van der Waals surface area contributed by atoms with Gasteiger partial charge >= 0.3 is 0 Å². The Morgan fingerprint density at radius 2 is 1.88 bits per heavy atom. The molecular weight excluding hydrogens is 330 g/mol. The molecule has 0 radical (unpaired) electrons. The van der Waals surface area contributed by atoms with Crippen molar-refractivity contribution in [3.05, 3.63) is 59.7 Å². The van der Waals surface area contributed by atoms with Crippen LogP contribution in [0.25, 0.3) is 0 Å². The van der Waals surface area contributed by atoms with Crippen LogP contribution in [0.1, 0.15) is 30.9 Å². The van der Waals surface area contributed by atoms with E-state index in [-0.39, 0.29) is 12.2 Å². The molecule has 1 amide bonds. The standard InChI is InChI=1S/C21H23NO4/c1-15-8-6-11-18-19(15)22(20(24)21(18,25)14-16(2)23)12-7-13-26-17-9-4-3-5-10-17/h3-6,8-11,25H,7,12-14H2,1-2H3/t21-/m1/s1. The molecule has 2 aromatic rings. The smallest absolute Gasteiger partial charge is 0.264 e. The van der Waals surface area contributed by atoms with Gasteiger partial charge in [0.1, 0.15) is 11.5 Å². The summed E-state index contributed by atoms with van der Waals surface area (Å²) in [5, 5.41) is 11.0. The predicted octanol–water partition coefficient (Wildman–Crippen LogP) is 2.98. The summed E-state index contributed by atoms with van der Waals surface area (Å²) < 4.78 is 5.68. The summed E-state index contributed by atoms with van der Waals surface area (Å²) in [6.45, 7) is 4.17. The van der Waals surface area contributed by atoms with Gasteiger partial charge in [-0.15, -0.1) is 0 Å². The molecule has 3 rings (SSSR count). The van der Waals surface area contributed by atoms with Crippen molar-refractivity contribution < 1.29 is 19.4 Å². The number of anilines is 1. The lowest BCUT2D eigenvalue weighted by Crippen LogP contribution is -2.42. The maximum absolute atomic E-state index is 12.9. The van der Waals surface area contributed by atoms with E-state index in [1.54, 1.807) is 17.0 Å². The summed E-state index contributed by atoms with van der Waals surface area (Å²) in [6, 6.07) is 14.9. The van der Waals surface area contributed by atoms with E-state index in [2.05, 4.69) is 0 Å². The van der Waals surface area contributed by atoms with Gasteiger partial charge in [-0.1, -0.05) is 36.4 Å². The van der Waals surface area contributed by atoms with Crippen molar-refractivity contribution >= 4 is 17.4 Å². The molecule has 1 aliphatic heterocycles. The van der Waals surface area contributed by atoms with E-state index in [4.69, 9.17) is 4.74 Å². The molecule has 136 valence electrons. The molecule has 0 spiro atoms. The van der Waals surface area contributed by atoms with E-state index in [9.17, 15) is 14.7 Å². The number of aliphatic hydroxyl groups is 1. The van der Waals surface area contributed by atoms with Crippen LogP contribution in [-0.4, -0.2) is 29.9 Å². The molecule has 0 aliphatic carbocycles. The van der Waals surface area contributed by atoms with Crippen LogP contribution < -0.4 is 9.64 Å². The predicted molar refractivity (Wildman–Crippen MR) is 99.3 cm³/mol. The lowest BCUT2D eigenvalue weighted by atomic mass is 9.89. The highest BCUT2D eigenvalue weighted by atomic mass is 16.5. The van der Waals surface area contributed by atoms with Crippen molar-refractivity contribution in [1.29, 1.82) is 0 Å². The Kier molecular flexibility index (Phi) is 5.09. The third-order valence-electron chi connectivity index (χ3n) is 4.59. The molecule has 26 heavy (non-hydrogen) atoms. The largest absolute Gasteiger partial charge is 0.494 e. The summed E-state index contributed by atoms with van der Waals surface area (Å²) in [5.41, 5.74) is 0.356. The minimum atomic E-state index is -1.77. The molecule has 1 aliphatic rings. The number of hydrogen-bond acceptors (Lipinski definition) is 4. The number of hydrogen-bond donors (Lipinski definition) is 1. The first kappa shape index (κ1) is 18.1. The summed E-state index contributed by atoms with van der Waals surface area (Å²) in [4.78, 5) is 26.1. The number of carbonyl (C=O) groups excluding carboxylic acids is 2. The van der Waals surface area contributed by atoms with Crippen LogP contribution in [0.2, 0.25) is 0 Å². The molecule has 0 fully saturated rings. The van der Waals surface area contributed by atoms with Gasteiger partial charge in [-0.3, -0.25) is 9.59 Å². The Bertz CT molecular complexity index is 818. The molecule has 0 bridgehead atoms. The fourth-order valence-corrected chi connectivity index (χ4v) is 3.46. The summed E-state index contributed by atoms with van der Waals surface area (Å²) in [7, 11) is 0. The number of ether oxygens (including phenoxy) is 1. The summed E-state index contributed by atoms with van der Waals surface area (Å²) in [5.74, 6) is 0.129. The number of para-hydroxylation sites is 2. The minimum absolute atomic E-state index is 0.209. The molecule has 0 saturated heterocycles. The molecule has 5 nitrogen and oxygen atoms in total. The number of nitrogens with zero attached hydrogens (tertiary/aromatic N) is 1. The van der Waals surface area contributed by atoms with Gasteiger partial charge in [0.2, 0.25) is 0 Å². The molecule has 1 heterocycles. The number of fused-ring (bicyclic) bond motifs is 1. The Hall–Kier alpha value is -2.66. The monoisotopic (exact) mass is 353 g/mol. The number of rotatable bonds is 7. The lowest BCUT2D eigenvalue weighted by molar-refractivity contribution is -0.141. The van der Waals surface area contributed by atoms with Gasteiger partial charge in [-0.25, -0.2) is 0 Å². The fraction of sp³-hybridized carbons (Fsp3) is 0.333. The highest BCUT2D eigenvalue weighted by molar-refractivity contribution is 6.09. The second-order valence-electron chi connectivity index (χ2n) is 6.68. The Morgan fingerprint density at radius 1 is 1.15 bits per heavy atom. The third kappa shape index (κ3) is 3.35. The maximum Gasteiger partial charge on any atom is 0.264 e. The molecule has 1 atom stereocenters. The number of benzene rings is 2. The summed E-state index contributed by atoms with van der Waals surface area (Å²) in [6.07, 6.45) is 0.407. The van der Waals surface area contributed by atoms with Crippen molar-refractivity contribution in [3.63, 3.8) is 0 Å². The van der Waals surface area contributed by atoms with Gasteiger partial charge in [0.05, 0.1) is 12.3 Å². The zero-order chi connectivity index (χ0) is 18.7. The number of Topliss-reactive ketones (excluding diaryl/α,β-unsaturated/α-hetero) is 1. The lowest BCUT2D eigenvalue weighted by Gasteiger charge is -2.22. The Labute approximate surface area is 153 Å². The van der Waals surface area contributed by atoms with Crippen LogP contribution in [0.4, 0.5) is 5.69 Å². The second-order valence-corrected chi connectivity index (χ2v) is 6.68. The van der Waals surface area contributed by atoms with Gasteiger partial charge in [0.15, 0.2) is 5.60 Å². The van der Waals surface area contributed by atoms with E-state index < -0.39 is 11.5 Å². The van der Waals surface area contributed by atoms with E-state index in [1.165, 1.54) is 6.92 Å². The zero-order valence-electron chi connectivity index (χ0n) is 15.1. The van der Waals surface area contributed by atoms with Crippen LogP contribution in [0.3, 0.4) is 0 Å². The topological polar surface area (TPSA) is 66.8 Å². The quantitative estimate of drug-likeness (QED) is 0.777. The number of ketones is 1. The van der Waals surface area contributed by atoms with Crippen molar-refractivity contribution in [3.8, 4) is 5.75 Å². The molecule has 2 aromatic carbocycles. The molecule has 1 N–H and O–H groups in total. The van der Waals surface area contributed by atoms with Crippen LogP contribution in [0.15, 0.2) is 48.5 Å². The first-order valence-corrected chi connectivity index (χ1v) is 8.75. The van der Waals surface area contributed by atoms with Crippen LogP contribution in [0, 0.1) is 6.92 Å². The van der Waals surface area contributed by atoms with Crippen molar-refractivity contribution in [2.45, 2.75) is 32.3 Å². The van der Waals surface area contributed by atoms with Gasteiger partial charge in [-0.2, -0.15) is 0 Å². The highest BCUT2D eigenvalue weighted by Crippen LogP contribution is 2.44. The number of aryl methyl sites for hydroxylation is 1. The second kappa shape index (κ2) is 7.30. The van der Waals surface area contributed by atoms with Crippen LogP contribution in [-0.2, 0) is 15.2 Å². The molecule has 0 saturated carbocycles. The zero-order valence-corrected chi connectivity index (χ0v) is 15.1. The van der Waals surface area contributed by atoms with E-state index in [0.29, 0.717) is 30.8 Å². The van der Waals surface area contributed by atoms with Gasteiger partial charge in [-0.05, 0) is 38.0 Å². The Morgan fingerprint density at radius 3 is 2.58 bits per heavy atom. The first-order chi connectivity index (χ1) is 12.4. The minimum Gasteiger partial charge on any atom is -0.494 e. The van der Waals surface area contributed by atoms with Crippen LogP contribution >= 0.6 is 0 Å². The first-order valence-electron chi connectivity index (χ1n) is 8.75. The third-order valence-corrected chi connectivity index (χ3v) is 4.59. The normalized spacial score (nSPS) is 18.7. The summed E-state index contributed by atoms with van der Waals surface area (Å²) >= 11 is 0. The highest BCUT2D eigenvalue weighted by Gasteiger charge is 2.50. The average molecular weight is 353 g/mol. The van der Waals surface area contributed by atoms with Crippen molar-refractivity contribution in [1.82, 2.24) is 0 Å². The SMILES string of the molecule is CC(=O)C[C@]1(O)C(=O)N(CCCOc2ccccc2)c2c(C)cccc21. The van der Waals surface area contributed by atoms with Crippen molar-refractivity contribution in [2.75, 3.05) is 18.1 Å². The number of amides is 1. The average Bonchev–Trinajstić information content (AvgIpc) is 2.82. The van der Waals surface area contributed by atoms with Crippen molar-refractivity contribution in [2.24, 2.45) is 0 Å². The van der Waals surface area contributed by atoms with E-state index in [1.807, 2.05) is 43.3 Å².